The summed E-state index contributed by atoms with van der Waals surface area (Å²) >= 11 is 0. The Morgan fingerprint density at radius 3 is 1.76 bits per heavy atom. The van der Waals surface area contributed by atoms with Gasteiger partial charge < -0.3 is 10.6 Å². The third-order valence-electron chi connectivity index (χ3n) is 7.89. The van der Waals surface area contributed by atoms with Crippen molar-refractivity contribution in [3.63, 3.8) is 0 Å². The van der Waals surface area contributed by atoms with Gasteiger partial charge >= 0.3 is 0 Å². The summed E-state index contributed by atoms with van der Waals surface area (Å²) in [4.78, 5) is 13.1. The average molecular weight is 453 g/mol. The number of fused-ring (bicyclic) bond motifs is 2. The van der Waals surface area contributed by atoms with E-state index in [0.717, 1.165) is 37.9 Å². The zero-order valence-corrected chi connectivity index (χ0v) is 22.0. The molecule has 0 saturated carbocycles. The first kappa shape index (κ1) is 26.2. The van der Waals surface area contributed by atoms with Gasteiger partial charge in [0.1, 0.15) is 0 Å². The Kier molecular flexibility index (Phi) is 9.35. The van der Waals surface area contributed by atoms with Crippen molar-refractivity contribution >= 4 is 5.78 Å². The fraction of sp³-hybridized carbons (Fsp3) is 0.700. The highest BCUT2D eigenvalue weighted by Crippen LogP contribution is 2.46. The van der Waals surface area contributed by atoms with Crippen molar-refractivity contribution in [3.8, 4) is 0 Å². The molecular weight excluding hydrogens is 404 g/mol. The third kappa shape index (κ3) is 5.46. The normalized spacial score (nSPS) is 26.0. The van der Waals surface area contributed by atoms with E-state index in [0.29, 0.717) is 5.78 Å². The number of carbonyl (C=O) groups excluding carboxylic acids is 1. The maximum absolute atomic E-state index is 13.1. The van der Waals surface area contributed by atoms with Gasteiger partial charge in [-0.15, -0.1) is 0 Å². The van der Waals surface area contributed by atoms with E-state index in [2.05, 4.69) is 69.5 Å². The monoisotopic (exact) mass is 452 g/mol. The molecule has 2 aliphatic rings. The summed E-state index contributed by atoms with van der Waals surface area (Å²) in [5, 5.41) is 7.98. The van der Waals surface area contributed by atoms with Crippen molar-refractivity contribution in [1.29, 1.82) is 0 Å². The Bertz CT molecular complexity index is 829. The highest BCUT2D eigenvalue weighted by molar-refractivity contribution is 6.02. The van der Waals surface area contributed by atoms with E-state index < -0.39 is 0 Å². The molecule has 2 aliphatic carbocycles. The molecule has 1 aromatic rings. The number of hydrogen-bond donors (Lipinski definition) is 2. The number of benzene rings is 1. The second-order valence-corrected chi connectivity index (χ2v) is 10.6. The second kappa shape index (κ2) is 11.8. The van der Waals surface area contributed by atoms with Gasteiger partial charge in [0, 0.05) is 11.5 Å². The van der Waals surface area contributed by atoms with Gasteiger partial charge in [-0.25, -0.2) is 0 Å². The molecule has 0 heterocycles. The van der Waals surface area contributed by atoms with Crippen molar-refractivity contribution in [2.45, 2.75) is 116 Å². The molecule has 0 aromatic heterocycles. The van der Waals surface area contributed by atoms with Crippen LogP contribution in [0.3, 0.4) is 0 Å². The van der Waals surface area contributed by atoms with Crippen molar-refractivity contribution in [2.75, 3.05) is 13.1 Å². The van der Waals surface area contributed by atoms with Crippen LogP contribution in [0.1, 0.15) is 126 Å². The fourth-order valence-corrected chi connectivity index (χ4v) is 5.74. The van der Waals surface area contributed by atoms with Gasteiger partial charge in [-0.3, -0.25) is 4.79 Å². The minimum Gasteiger partial charge on any atom is -0.304 e. The Morgan fingerprint density at radius 1 is 0.788 bits per heavy atom. The zero-order valence-electron chi connectivity index (χ0n) is 22.0. The number of ketones is 1. The summed E-state index contributed by atoms with van der Waals surface area (Å²) in [7, 11) is 0. The highest BCUT2D eigenvalue weighted by Gasteiger charge is 2.44. The van der Waals surface area contributed by atoms with Gasteiger partial charge in [0.15, 0.2) is 5.78 Å². The van der Waals surface area contributed by atoms with Gasteiger partial charge in [0.25, 0.3) is 0 Å². The molecule has 0 radical (unpaired) electrons. The molecule has 0 saturated heterocycles. The quantitative estimate of drug-likeness (QED) is 0.232. The summed E-state index contributed by atoms with van der Waals surface area (Å²) < 4.78 is 0. The van der Waals surface area contributed by atoms with Gasteiger partial charge in [-0.05, 0) is 68.0 Å². The standard InChI is InChI=1S/C30H48N2O/c1-6-10-14-29(31-18-12-8-3)16-17-30(15-11-7-2,32-19-13-9-4)27-22-25-24(21-26(27)29)20-23(5)28(25)33/h16-17,21-23,31-32H,6-15,18-20H2,1-5H3. The maximum atomic E-state index is 13.1. The molecule has 0 spiro atoms. The molecule has 0 bridgehead atoms. The summed E-state index contributed by atoms with van der Waals surface area (Å²) in [5.74, 6) is 0.436. The summed E-state index contributed by atoms with van der Waals surface area (Å²) in [6, 6.07) is 4.73. The lowest BCUT2D eigenvalue weighted by atomic mass is 9.68. The first-order valence-electron chi connectivity index (χ1n) is 13.9. The topological polar surface area (TPSA) is 41.1 Å². The Hall–Kier alpha value is -1.45. The van der Waals surface area contributed by atoms with Crippen LogP contribution in [-0.2, 0) is 17.5 Å². The van der Waals surface area contributed by atoms with E-state index in [4.69, 9.17) is 0 Å². The Labute approximate surface area is 203 Å². The van der Waals surface area contributed by atoms with Crippen LogP contribution in [0.5, 0.6) is 0 Å². The van der Waals surface area contributed by atoms with Crippen LogP contribution in [0.15, 0.2) is 24.3 Å². The predicted octanol–water partition coefficient (Wildman–Crippen LogP) is 7.18. The molecule has 3 unspecified atom stereocenters. The summed E-state index contributed by atoms with van der Waals surface area (Å²) in [5.41, 5.74) is 4.72. The number of hydrogen-bond acceptors (Lipinski definition) is 3. The largest absolute Gasteiger partial charge is 0.304 e. The third-order valence-corrected chi connectivity index (χ3v) is 7.89. The van der Waals surface area contributed by atoms with Crippen LogP contribution in [0.4, 0.5) is 0 Å². The van der Waals surface area contributed by atoms with Gasteiger partial charge in [-0.1, -0.05) is 91.4 Å². The van der Waals surface area contributed by atoms with Crippen LogP contribution in [0.25, 0.3) is 0 Å². The van der Waals surface area contributed by atoms with Crippen molar-refractivity contribution in [2.24, 2.45) is 5.92 Å². The van der Waals surface area contributed by atoms with E-state index in [-0.39, 0.29) is 17.0 Å². The maximum Gasteiger partial charge on any atom is 0.166 e. The van der Waals surface area contributed by atoms with Crippen molar-refractivity contribution < 1.29 is 4.79 Å². The van der Waals surface area contributed by atoms with E-state index in [1.807, 2.05) is 0 Å². The van der Waals surface area contributed by atoms with Crippen LogP contribution in [0.2, 0.25) is 0 Å². The predicted molar refractivity (Wildman–Crippen MR) is 141 cm³/mol. The minimum absolute atomic E-state index is 0.105. The van der Waals surface area contributed by atoms with Crippen LogP contribution < -0.4 is 10.6 Å². The zero-order chi connectivity index (χ0) is 23.9. The Balaban J connectivity index is 2.16. The van der Waals surface area contributed by atoms with E-state index in [9.17, 15) is 4.79 Å². The average Bonchev–Trinajstić information content (AvgIpc) is 3.10. The number of carbonyl (C=O) groups is 1. The van der Waals surface area contributed by atoms with E-state index in [1.54, 1.807) is 0 Å². The fourth-order valence-electron chi connectivity index (χ4n) is 5.74. The number of nitrogens with one attached hydrogen (secondary N) is 2. The minimum atomic E-state index is -0.177. The van der Waals surface area contributed by atoms with Gasteiger partial charge in [0.2, 0.25) is 0 Å². The molecule has 3 nitrogen and oxygen atoms in total. The number of rotatable bonds is 14. The van der Waals surface area contributed by atoms with E-state index >= 15 is 0 Å². The molecule has 2 N–H and O–H groups in total. The van der Waals surface area contributed by atoms with Crippen LogP contribution in [0, 0.1) is 5.92 Å². The first-order chi connectivity index (χ1) is 16.0. The lowest BCUT2D eigenvalue weighted by molar-refractivity contribution is 0.0946. The summed E-state index contributed by atoms with van der Waals surface area (Å²) in [6.45, 7) is 13.2. The molecule has 184 valence electrons. The van der Waals surface area contributed by atoms with E-state index in [1.165, 1.54) is 68.1 Å². The van der Waals surface area contributed by atoms with Gasteiger partial charge in [0.05, 0.1) is 11.1 Å². The molecule has 0 fully saturated rings. The second-order valence-electron chi connectivity index (χ2n) is 10.6. The molecule has 0 aliphatic heterocycles. The molecule has 33 heavy (non-hydrogen) atoms. The van der Waals surface area contributed by atoms with Crippen molar-refractivity contribution in [1.82, 2.24) is 10.6 Å². The van der Waals surface area contributed by atoms with Gasteiger partial charge in [-0.2, -0.15) is 0 Å². The summed E-state index contributed by atoms with van der Waals surface area (Å²) in [6.07, 6.45) is 17.5. The van der Waals surface area contributed by atoms with Crippen LogP contribution >= 0.6 is 0 Å². The smallest absolute Gasteiger partial charge is 0.166 e. The molecular formula is C30H48N2O. The SMILES string of the molecule is CCCCNC1(CCCC)C=CC(CCCC)(NCCCC)c2cc3c(cc21)CC(C)C3=O. The lowest BCUT2D eigenvalue weighted by Gasteiger charge is -2.46. The molecule has 0 amide bonds. The molecule has 3 heteroatoms. The van der Waals surface area contributed by atoms with Crippen LogP contribution in [-0.4, -0.2) is 18.9 Å². The number of unbranched alkanes of at least 4 members (excludes halogenated alkanes) is 4. The molecule has 3 atom stereocenters. The first-order valence-corrected chi connectivity index (χ1v) is 13.9. The highest BCUT2D eigenvalue weighted by atomic mass is 16.1. The lowest BCUT2D eigenvalue weighted by Crippen LogP contribution is -2.51. The number of Topliss-reactive ketones (excluding diaryl/α,β-unsaturated/α-hetero) is 1. The Morgan fingerprint density at radius 2 is 1.27 bits per heavy atom. The van der Waals surface area contributed by atoms with Crippen molar-refractivity contribution in [3.05, 3.63) is 46.5 Å². The molecule has 1 aromatic carbocycles. The molecule has 3 rings (SSSR count).